The molecular formula is C18H26N2O2. The van der Waals surface area contributed by atoms with Crippen LogP contribution in [0.15, 0.2) is 24.4 Å². The molecule has 0 fully saturated rings. The molecule has 1 heterocycles. The van der Waals surface area contributed by atoms with E-state index in [0.717, 1.165) is 22.9 Å². The number of carbonyl (C=O) groups is 1. The number of hydrogen-bond acceptors (Lipinski definition) is 2. The number of benzene rings is 1. The smallest absolute Gasteiger partial charge is 0.224 e. The molecule has 1 amide bonds. The molecule has 0 saturated heterocycles. The van der Waals surface area contributed by atoms with E-state index in [0.29, 0.717) is 19.4 Å². The van der Waals surface area contributed by atoms with Crippen molar-refractivity contribution in [3.8, 4) is 0 Å². The molecule has 120 valence electrons. The van der Waals surface area contributed by atoms with Gasteiger partial charge in [-0.1, -0.05) is 39.0 Å². The van der Waals surface area contributed by atoms with Crippen molar-refractivity contribution >= 4 is 16.8 Å². The number of H-pyrrole nitrogens is 1. The summed E-state index contributed by atoms with van der Waals surface area (Å²) in [7, 11) is 0. The van der Waals surface area contributed by atoms with Crippen molar-refractivity contribution in [2.45, 2.75) is 46.1 Å². The van der Waals surface area contributed by atoms with Crippen molar-refractivity contribution in [2.75, 3.05) is 6.54 Å². The zero-order valence-corrected chi connectivity index (χ0v) is 13.6. The molecule has 0 bridgehead atoms. The molecule has 3 N–H and O–H groups in total. The van der Waals surface area contributed by atoms with Gasteiger partial charge in [0, 0.05) is 23.6 Å². The minimum absolute atomic E-state index is 0.00115. The van der Waals surface area contributed by atoms with E-state index in [-0.39, 0.29) is 17.9 Å². The van der Waals surface area contributed by atoms with E-state index in [1.54, 1.807) is 0 Å². The number of amides is 1. The van der Waals surface area contributed by atoms with Crippen molar-refractivity contribution in [2.24, 2.45) is 5.92 Å². The molecular weight excluding hydrogens is 276 g/mol. The Kier molecular flexibility index (Phi) is 5.61. The molecule has 1 atom stereocenters. The van der Waals surface area contributed by atoms with Gasteiger partial charge in [0.2, 0.25) is 5.91 Å². The lowest BCUT2D eigenvalue weighted by atomic mass is 10.0. The Morgan fingerprint density at radius 2 is 2.09 bits per heavy atom. The van der Waals surface area contributed by atoms with E-state index in [2.05, 4.69) is 29.4 Å². The summed E-state index contributed by atoms with van der Waals surface area (Å²) >= 11 is 0. The summed E-state index contributed by atoms with van der Waals surface area (Å²) in [6.45, 7) is 6.59. The maximum absolute atomic E-state index is 12.1. The topological polar surface area (TPSA) is 65.1 Å². The second-order valence-corrected chi connectivity index (χ2v) is 6.13. The Balaban J connectivity index is 1.95. The van der Waals surface area contributed by atoms with Gasteiger partial charge in [0.15, 0.2) is 0 Å². The van der Waals surface area contributed by atoms with Gasteiger partial charge in [0.25, 0.3) is 0 Å². The second kappa shape index (κ2) is 7.45. The van der Waals surface area contributed by atoms with Gasteiger partial charge in [-0.05, 0) is 29.9 Å². The number of hydrogen-bond donors (Lipinski definition) is 3. The van der Waals surface area contributed by atoms with Gasteiger partial charge in [-0.3, -0.25) is 4.79 Å². The molecule has 2 rings (SSSR count). The third-order valence-electron chi connectivity index (χ3n) is 4.15. The van der Waals surface area contributed by atoms with Gasteiger partial charge in [0.1, 0.15) is 0 Å². The number of carbonyl (C=O) groups excluding carboxylic acids is 1. The number of aliphatic hydroxyl groups is 1. The van der Waals surface area contributed by atoms with Gasteiger partial charge in [-0.25, -0.2) is 0 Å². The molecule has 0 aliphatic rings. The predicted octanol–water partition coefficient (Wildman–Crippen LogP) is 2.80. The van der Waals surface area contributed by atoms with Crippen molar-refractivity contribution in [3.63, 3.8) is 0 Å². The van der Waals surface area contributed by atoms with Gasteiger partial charge >= 0.3 is 0 Å². The summed E-state index contributed by atoms with van der Waals surface area (Å²) in [5, 5.41) is 13.7. The molecule has 4 nitrogen and oxygen atoms in total. The Morgan fingerprint density at radius 1 is 1.32 bits per heavy atom. The fraction of sp³-hybridized carbons (Fsp3) is 0.500. The molecule has 1 unspecified atom stereocenters. The van der Waals surface area contributed by atoms with Crippen LogP contribution in [0.4, 0.5) is 0 Å². The molecule has 4 heteroatoms. The standard InChI is InChI=1S/C18H26N2O2/c1-4-13-6-5-7-15-14(11-20-18(13)15)10-17(22)19-9-8-16(21)12(2)3/h5-7,11-12,16,20-21H,4,8-10H2,1-3H3,(H,19,22). The monoisotopic (exact) mass is 302 g/mol. The highest BCUT2D eigenvalue weighted by molar-refractivity contribution is 5.90. The van der Waals surface area contributed by atoms with Gasteiger partial charge in [0.05, 0.1) is 12.5 Å². The third-order valence-corrected chi connectivity index (χ3v) is 4.15. The van der Waals surface area contributed by atoms with Crippen molar-refractivity contribution in [3.05, 3.63) is 35.5 Å². The summed E-state index contributed by atoms with van der Waals surface area (Å²) in [4.78, 5) is 15.3. The van der Waals surface area contributed by atoms with Crippen LogP contribution in [-0.4, -0.2) is 28.6 Å². The highest BCUT2D eigenvalue weighted by Crippen LogP contribution is 2.22. The minimum atomic E-state index is -0.361. The summed E-state index contributed by atoms with van der Waals surface area (Å²) in [5.41, 5.74) is 3.42. The highest BCUT2D eigenvalue weighted by atomic mass is 16.3. The summed E-state index contributed by atoms with van der Waals surface area (Å²) in [6, 6.07) is 6.20. The van der Waals surface area contributed by atoms with Crippen LogP contribution in [0.5, 0.6) is 0 Å². The summed E-state index contributed by atoms with van der Waals surface area (Å²) in [5.74, 6) is 0.219. The number of aromatic nitrogens is 1. The molecule has 0 spiro atoms. The molecule has 0 radical (unpaired) electrons. The maximum atomic E-state index is 12.1. The predicted molar refractivity (Wildman–Crippen MR) is 89.9 cm³/mol. The Hall–Kier alpha value is -1.81. The van der Waals surface area contributed by atoms with E-state index in [9.17, 15) is 9.90 Å². The Bertz CT molecular complexity index is 631. The van der Waals surface area contributed by atoms with Crippen LogP contribution < -0.4 is 5.32 Å². The first-order valence-corrected chi connectivity index (χ1v) is 8.05. The number of aliphatic hydroxyl groups excluding tert-OH is 1. The molecule has 0 aliphatic carbocycles. The second-order valence-electron chi connectivity index (χ2n) is 6.13. The fourth-order valence-corrected chi connectivity index (χ4v) is 2.64. The number of aryl methyl sites for hydroxylation is 1. The minimum Gasteiger partial charge on any atom is -0.393 e. The average Bonchev–Trinajstić information content (AvgIpc) is 2.90. The Labute approximate surface area is 131 Å². The lowest BCUT2D eigenvalue weighted by molar-refractivity contribution is -0.120. The average molecular weight is 302 g/mol. The zero-order chi connectivity index (χ0) is 16.1. The summed E-state index contributed by atoms with van der Waals surface area (Å²) < 4.78 is 0. The molecule has 22 heavy (non-hydrogen) atoms. The SMILES string of the molecule is CCc1cccc2c(CC(=O)NCCC(O)C(C)C)c[nH]c12. The maximum Gasteiger partial charge on any atom is 0.224 e. The lowest BCUT2D eigenvalue weighted by Crippen LogP contribution is -2.29. The van der Waals surface area contributed by atoms with Crippen LogP contribution in [0, 0.1) is 5.92 Å². The van der Waals surface area contributed by atoms with Crippen LogP contribution in [0.1, 0.15) is 38.3 Å². The number of nitrogens with one attached hydrogen (secondary N) is 2. The first-order valence-electron chi connectivity index (χ1n) is 8.05. The highest BCUT2D eigenvalue weighted by Gasteiger charge is 2.12. The van der Waals surface area contributed by atoms with Crippen LogP contribution in [-0.2, 0) is 17.6 Å². The normalized spacial score (nSPS) is 12.8. The molecule has 0 aliphatic heterocycles. The lowest BCUT2D eigenvalue weighted by Gasteiger charge is -2.14. The summed E-state index contributed by atoms with van der Waals surface area (Å²) in [6.07, 6.45) is 3.49. The van der Waals surface area contributed by atoms with Crippen LogP contribution in [0.3, 0.4) is 0 Å². The van der Waals surface area contributed by atoms with Crippen molar-refractivity contribution in [1.29, 1.82) is 0 Å². The van der Waals surface area contributed by atoms with Crippen molar-refractivity contribution < 1.29 is 9.90 Å². The molecule has 0 saturated carbocycles. The third kappa shape index (κ3) is 3.89. The van der Waals surface area contributed by atoms with Crippen LogP contribution >= 0.6 is 0 Å². The van der Waals surface area contributed by atoms with E-state index < -0.39 is 0 Å². The van der Waals surface area contributed by atoms with Gasteiger partial charge < -0.3 is 15.4 Å². The van der Waals surface area contributed by atoms with Crippen LogP contribution in [0.25, 0.3) is 10.9 Å². The van der Waals surface area contributed by atoms with E-state index in [4.69, 9.17) is 0 Å². The van der Waals surface area contributed by atoms with Gasteiger partial charge in [-0.15, -0.1) is 0 Å². The van der Waals surface area contributed by atoms with Gasteiger partial charge in [-0.2, -0.15) is 0 Å². The largest absolute Gasteiger partial charge is 0.393 e. The first-order chi connectivity index (χ1) is 10.5. The number of aromatic amines is 1. The van der Waals surface area contributed by atoms with Crippen LogP contribution in [0.2, 0.25) is 0 Å². The van der Waals surface area contributed by atoms with E-state index >= 15 is 0 Å². The molecule has 1 aromatic heterocycles. The Morgan fingerprint density at radius 3 is 2.77 bits per heavy atom. The fourth-order valence-electron chi connectivity index (χ4n) is 2.64. The quantitative estimate of drug-likeness (QED) is 0.736. The molecule has 1 aromatic carbocycles. The number of para-hydroxylation sites is 1. The molecule has 2 aromatic rings. The van der Waals surface area contributed by atoms with E-state index in [1.807, 2.05) is 26.1 Å². The first kappa shape index (κ1) is 16.6. The number of fused-ring (bicyclic) bond motifs is 1. The van der Waals surface area contributed by atoms with E-state index in [1.165, 1.54) is 5.56 Å². The van der Waals surface area contributed by atoms with Crippen molar-refractivity contribution in [1.82, 2.24) is 10.3 Å². The number of rotatable bonds is 7. The zero-order valence-electron chi connectivity index (χ0n) is 13.6.